The average molecular weight is 433 g/mol. The summed E-state index contributed by atoms with van der Waals surface area (Å²) in [5, 5.41) is 0. The molecule has 0 saturated carbocycles. The summed E-state index contributed by atoms with van der Waals surface area (Å²) >= 11 is 0. The van der Waals surface area contributed by atoms with E-state index in [9.17, 15) is 13.2 Å². The van der Waals surface area contributed by atoms with Gasteiger partial charge in [0.05, 0.1) is 31.2 Å². The molecule has 30 heavy (non-hydrogen) atoms. The summed E-state index contributed by atoms with van der Waals surface area (Å²) in [5.74, 6) is 0.710. The fourth-order valence-electron chi connectivity index (χ4n) is 3.07. The molecule has 8 heteroatoms. The van der Waals surface area contributed by atoms with Crippen molar-refractivity contribution in [2.75, 3.05) is 32.8 Å². The molecule has 1 aliphatic heterocycles. The lowest BCUT2D eigenvalue weighted by Crippen LogP contribution is -2.46. The van der Waals surface area contributed by atoms with Crippen LogP contribution in [0.2, 0.25) is 0 Å². The average Bonchev–Trinajstić information content (AvgIpc) is 2.77. The van der Waals surface area contributed by atoms with Crippen molar-refractivity contribution in [3.05, 3.63) is 60.2 Å². The van der Waals surface area contributed by atoms with Crippen LogP contribution in [0.4, 0.5) is 0 Å². The number of amides is 1. The van der Waals surface area contributed by atoms with Gasteiger partial charge in [-0.05, 0) is 35.7 Å². The van der Waals surface area contributed by atoms with Gasteiger partial charge in [0.1, 0.15) is 11.9 Å². The molecule has 1 atom stereocenters. The highest BCUT2D eigenvalue weighted by Crippen LogP contribution is 2.22. The zero-order valence-electron chi connectivity index (χ0n) is 17.3. The van der Waals surface area contributed by atoms with Gasteiger partial charge < -0.3 is 14.4 Å². The first kappa shape index (κ1) is 22.3. The van der Waals surface area contributed by atoms with Crippen molar-refractivity contribution in [2.24, 2.45) is 5.92 Å². The number of nitrogens with zero attached hydrogens (tertiary/aromatic N) is 1. The molecule has 1 aliphatic rings. The van der Waals surface area contributed by atoms with E-state index in [1.54, 1.807) is 17.0 Å². The Morgan fingerprint density at radius 3 is 2.53 bits per heavy atom. The van der Waals surface area contributed by atoms with E-state index in [0.29, 0.717) is 38.0 Å². The number of rotatable bonds is 8. The third-order valence-electron chi connectivity index (χ3n) is 4.72. The van der Waals surface area contributed by atoms with E-state index in [1.807, 2.05) is 44.2 Å². The van der Waals surface area contributed by atoms with Gasteiger partial charge in [-0.1, -0.05) is 44.2 Å². The van der Waals surface area contributed by atoms with E-state index in [2.05, 4.69) is 4.72 Å². The Bertz CT molecular complexity index is 930. The molecule has 1 saturated heterocycles. The Labute approximate surface area is 178 Å². The summed E-state index contributed by atoms with van der Waals surface area (Å²) in [6, 6.07) is 15.9. The monoisotopic (exact) mass is 432 g/mol. The molecule has 0 spiro atoms. The summed E-state index contributed by atoms with van der Waals surface area (Å²) in [5.41, 5.74) is 0.996. The molecule has 3 rings (SSSR count). The van der Waals surface area contributed by atoms with Gasteiger partial charge in [0.15, 0.2) is 0 Å². The lowest BCUT2D eigenvalue weighted by atomic mass is 10.1. The van der Waals surface area contributed by atoms with Crippen LogP contribution in [0.1, 0.15) is 25.5 Å². The third-order valence-corrected chi connectivity index (χ3v) is 6.14. The van der Waals surface area contributed by atoms with Crippen LogP contribution in [0.5, 0.6) is 5.75 Å². The number of morpholine rings is 1. The molecule has 1 amide bonds. The van der Waals surface area contributed by atoms with Crippen LogP contribution < -0.4 is 9.46 Å². The molecule has 162 valence electrons. The smallest absolute Gasteiger partial charge is 0.241 e. The van der Waals surface area contributed by atoms with Gasteiger partial charge in [0.25, 0.3) is 0 Å². The van der Waals surface area contributed by atoms with E-state index in [-0.39, 0.29) is 23.5 Å². The molecule has 2 aromatic rings. The van der Waals surface area contributed by atoms with Crippen molar-refractivity contribution >= 4 is 15.9 Å². The predicted octanol–water partition coefficient (Wildman–Crippen LogP) is 2.60. The molecular formula is C22H28N2O5S. The first-order chi connectivity index (χ1) is 14.3. The number of benzene rings is 2. The topological polar surface area (TPSA) is 84.9 Å². The van der Waals surface area contributed by atoms with E-state index in [0.717, 1.165) is 5.56 Å². The van der Waals surface area contributed by atoms with Crippen molar-refractivity contribution in [1.82, 2.24) is 9.62 Å². The largest absolute Gasteiger partial charge is 0.493 e. The number of hydrogen-bond acceptors (Lipinski definition) is 5. The minimum absolute atomic E-state index is 0.0938. The van der Waals surface area contributed by atoms with E-state index in [4.69, 9.17) is 9.47 Å². The van der Waals surface area contributed by atoms with Crippen LogP contribution in [-0.4, -0.2) is 52.1 Å². The Morgan fingerprint density at radius 1 is 1.17 bits per heavy atom. The Kier molecular flexibility index (Phi) is 7.47. The van der Waals surface area contributed by atoms with Crippen LogP contribution in [-0.2, 0) is 19.6 Å². The zero-order valence-corrected chi connectivity index (χ0v) is 18.1. The number of carbonyl (C=O) groups is 1. The van der Waals surface area contributed by atoms with Gasteiger partial charge >= 0.3 is 0 Å². The molecule has 1 heterocycles. The highest BCUT2D eigenvalue weighted by atomic mass is 32.2. The fraction of sp³-hybridized carbons (Fsp3) is 0.409. The normalized spacial score (nSPS) is 17.2. The molecule has 0 unspecified atom stereocenters. The van der Waals surface area contributed by atoms with Crippen LogP contribution in [0.25, 0.3) is 0 Å². The Balaban J connectivity index is 1.55. The van der Waals surface area contributed by atoms with Gasteiger partial charge in [-0.3, -0.25) is 4.79 Å². The Morgan fingerprint density at radius 2 is 1.87 bits per heavy atom. The first-order valence-corrected chi connectivity index (χ1v) is 11.5. The summed E-state index contributed by atoms with van der Waals surface area (Å²) in [4.78, 5) is 14.3. The second-order valence-electron chi connectivity index (χ2n) is 7.61. The molecule has 0 aliphatic carbocycles. The highest BCUT2D eigenvalue weighted by molar-refractivity contribution is 7.89. The first-order valence-electron chi connectivity index (χ1n) is 10.0. The van der Waals surface area contributed by atoms with Crippen LogP contribution in [0.15, 0.2) is 59.5 Å². The number of carbonyl (C=O) groups excluding carboxylic acids is 1. The molecule has 0 bridgehead atoms. The summed E-state index contributed by atoms with van der Waals surface area (Å²) < 4.78 is 38.8. The Hall–Kier alpha value is -2.42. The van der Waals surface area contributed by atoms with Crippen molar-refractivity contribution in [3.8, 4) is 5.75 Å². The molecular weight excluding hydrogens is 404 g/mol. The minimum atomic E-state index is -3.79. The molecule has 1 fully saturated rings. The van der Waals surface area contributed by atoms with E-state index < -0.39 is 10.0 Å². The van der Waals surface area contributed by atoms with Gasteiger partial charge in [-0.2, -0.15) is 0 Å². The number of nitrogens with one attached hydrogen (secondary N) is 1. The van der Waals surface area contributed by atoms with Gasteiger partial charge in [0, 0.05) is 6.54 Å². The number of hydrogen-bond donors (Lipinski definition) is 1. The zero-order chi connectivity index (χ0) is 21.6. The van der Waals surface area contributed by atoms with Gasteiger partial charge in [-0.25, -0.2) is 13.1 Å². The maximum Gasteiger partial charge on any atom is 0.241 e. The lowest BCUT2D eigenvalue weighted by Gasteiger charge is -2.33. The van der Waals surface area contributed by atoms with Crippen molar-refractivity contribution in [2.45, 2.75) is 24.8 Å². The van der Waals surface area contributed by atoms with E-state index in [1.165, 1.54) is 12.1 Å². The summed E-state index contributed by atoms with van der Waals surface area (Å²) in [6.45, 7) is 5.58. The fourth-order valence-corrected chi connectivity index (χ4v) is 4.05. The lowest BCUT2D eigenvalue weighted by molar-refractivity contribution is -0.137. The second-order valence-corrected chi connectivity index (χ2v) is 9.38. The molecule has 0 aromatic heterocycles. The maximum absolute atomic E-state index is 12.6. The van der Waals surface area contributed by atoms with Crippen LogP contribution >= 0.6 is 0 Å². The SMILES string of the molecule is CC(C)COc1ccc(S(=O)(=O)NCC(=O)N2CCO[C@H](c3ccccc3)C2)cc1. The number of sulfonamides is 1. The van der Waals surface area contributed by atoms with Crippen LogP contribution in [0.3, 0.4) is 0 Å². The van der Waals surface area contributed by atoms with Crippen molar-refractivity contribution < 1.29 is 22.7 Å². The quantitative estimate of drug-likeness (QED) is 0.693. The molecule has 1 N–H and O–H groups in total. The van der Waals surface area contributed by atoms with Gasteiger partial charge in [0.2, 0.25) is 15.9 Å². The van der Waals surface area contributed by atoms with Gasteiger partial charge in [-0.15, -0.1) is 0 Å². The number of ether oxygens (including phenoxy) is 2. The predicted molar refractivity (Wildman–Crippen MR) is 114 cm³/mol. The van der Waals surface area contributed by atoms with E-state index >= 15 is 0 Å². The van der Waals surface area contributed by atoms with Crippen LogP contribution in [0, 0.1) is 5.92 Å². The minimum Gasteiger partial charge on any atom is -0.493 e. The second kappa shape index (κ2) is 10.1. The summed E-state index contributed by atoms with van der Waals surface area (Å²) in [6.07, 6.45) is -0.209. The van der Waals surface area contributed by atoms with Crippen molar-refractivity contribution in [1.29, 1.82) is 0 Å². The third kappa shape index (κ3) is 6.04. The molecule has 7 nitrogen and oxygen atoms in total. The van der Waals surface area contributed by atoms with Crippen molar-refractivity contribution in [3.63, 3.8) is 0 Å². The maximum atomic E-state index is 12.6. The molecule has 0 radical (unpaired) electrons. The standard InChI is InChI=1S/C22H28N2O5S/c1-17(2)16-29-19-8-10-20(11-9-19)30(26,27)23-14-22(25)24-12-13-28-21(15-24)18-6-4-3-5-7-18/h3-11,17,21,23H,12-16H2,1-2H3/t21-/m0/s1. The highest BCUT2D eigenvalue weighted by Gasteiger charge is 2.26. The molecule has 2 aromatic carbocycles. The summed E-state index contributed by atoms with van der Waals surface area (Å²) in [7, 11) is -3.79.